The molecule has 1 amide bonds. The summed E-state index contributed by atoms with van der Waals surface area (Å²) in [4.78, 5) is 23.3. The topological polar surface area (TPSA) is 61.5 Å². The molecule has 2 aromatic heterocycles. The molecule has 0 unspecified atom stereocenters. The second kappa shape index (κ2) is 7.47. The number of pyridine rings is 1. The van der Waals surface area contributed by atoms with Crippen LogP contribution in [0.3, 0.4) is 0 Å². The first-order valence-corrected chi connectivity index (χ1v) is 8.59. The third-order valence-corrected chi connectivity index (χ3v) is 4.48. The summed E-state index contributed by atoms with van der Waals surface area (Å²) in [7, 11) is 3.67. The minimum Gasteiger partial charge on any atom is -0.496 e. The standard InChI is InChI=1S/C20H24N4O2/c1-14(2)24(13-25)19-16-9-10-21-20(16)22-11-17(19)23(3)12-15-7-5-6-8-18(15)26-4/h5-11,13-14H,12H2,1-4H3,(H,21,22). The smallest absolute Gasteiger partial charge is 0.214 e. The summed E-state index contributed by atoms with van der Waals surface area (Å²) in [6.07, 6.45) is 4.53. The van der Waals surface area contributed by atoms with Crippen molar-refractivity contribution in [3.05, 3.63) is 48.3 Å². The fourth-order valence-electron chi connectivity index (χ4n) is 3.14. The maximum absolute atomic E-state index is 11.8. The molecular weight excluding hydrogens is 328 g/mol. The van der Waals surface area contributed by atoms with Crippen LogP contribution in [0, 0.1) is 0 Å². The summed E-state index contributed by atoms with van der Waals surface area (Å²) in [5, 5.41) is 0.926. The monoisotopic (exact) mass is 352 g/mol. The van der Waals surface area contributed by atoms with Gasteiger partial charge in [0.1, 0.15) is 11.4 Å². The van der Waals surface area contributed by atoms with Crippen LogP contribution in [0.15, 0.2) is 42.7 Å². The van der Waals surface area contributed by atoms with Gasteiger partial charge in [-0.3, -0.25) is 4.79 Å². The molecule has 2 heterocycles. The Kier molecular flexibility index (Phi) is 5.11. The van der Waals surface area contributed by atoms with Crippen molar-refractivity contribution in [3.63, 3.8) is 0 Å². The molecule has 0 saturated heterocycles. The van der Waals surface area contributed by atoms with E-state index in [2.05, 4.69) is 14.9 Å². The largest absolute Gasteiger partial charge is 0.496 e. The van der Waals surface area contributed by atoms with Crippen LogP contribution in [0.2, 0.25) is 0 Å². The van der Waals surface area contributed by atoms with Gasteiger partial charge in [-0.25, -0.2) is 4.98 Å². The molecule has 0 fully saturated rings. The molecule has 0 bridgehead atoms. The number of carbonyl (C=O) groups excluding carboxylic acids is 1. The van der Waals surface area contributed by atoms with Crippen LogP contribution in [0.1, 0.15) is 19.4 Å². The van der Waals surface area contributed by atoms with Crippen molar-refractivity contribution in [1.82, 2.24) is 9.97 Å². The van der Waals surface area contributed by atoms with Crippen LogP contribution in [-0.4, -0.2) is 36.6 Å². The molecule has 3 aromatic rings. The molecule has 0 aliphatic heterocycles. The number of aromatic nitrogens is 2. The van der Waals surface area contributed by atoms with Crippen molar-refractivity contribution in [2.75, 3.05) is 24.0 Å². The molecule has 1 N–H and O–H groups in total. The van der Waals surface area contributed by atoms with Crippen molar-refractivity contribution < 1.29 is 9.53 Å². The Morgan fingerprint density at radius 1 is 1.27 bits per heavy atom. The van der Waals surface area contributed by atoms with E-state index in [1.807, 2.05) is 63.6 Å². The summed E-state index contributed by atoms with van der Waals surface area (Å²) in [5.41, 5.74) is 3.59. The Morgan fingerprint density at radius 3 is 2.73 bits per heavy atom. The van der Waals surface area contributed by atoms with Gasteiger partial charge in [0.2, 0.25) is 6.41 Å². The van der Waals surface area contributed by atoms with E-state index in [1.54, 1.807) is 12.0 Å². The highest BCUT2D eigenvalue weighted by Crippen LogP contribution is 2.36. The van der Waals surface area contributed by atoms with Crippen LogP contribution in [-0.2, 0) is 11.3 Å². The van der Waals surface area contributed by atoms with Gasteiger partial charge in [-0.1, -0.05) is 18.2 Å². The average Bonchev–Trinajstić information content (AvgIpc) is 3.11. The Hall–Kier alpha value is -3.02. The number of H-pyrrole nitrogens is 1. The van der Waals surface area contributed by atoms with Gasteiger partial charge in [0, 0.05) is 36.8 Å². The minimum atomic E-state index is 0.0337. The van der Waals surface area contributed by atoms with Crippen molar-refractivity contribution >= 4 is 28.8 Å². The van der Waals surface area contributed by atoms with E-state index in [9.17, 15) is 4.79 Å². The highest BCUT2D eigenvalue weighted by Gasteiger charge is 2.21. The third kappa shape index (κ3) is 3.22. The number of hydrogen-bond donors (Lipinski definition) is 1. The molecule has 3 rings (SSSR count). The van der Waals surface area contributed by atoms with Crippen LogP contribution < -0.4 is 14.5 Å². The van der Waals surface area contributed by atoms with Crippen molar-refractivity contribution in [1.29, 1.82) is 0 Å². The lowest BCUT2D eigenvalue weighted by molar-refractivity contribution is -0.107. The second-order valence-corrected chi connectivity index (χ2v) is 6.51. The van der Waals surface area contributed by atoms with E-state index in [-0.39, 0.29) is 6.04 Å². The van der Waals surface area contributed by atoms with Gasteiger partial charge in [0.05, 0.1) is 24.7 Å². The first kappa shape index (κ1) is 17.8. The second-order valence-electron chi connectivity index (χ2n) is 6.51. The Morgan fingerprint density at radius 2 is 2.04 bits per heavy atom. The SMILES string of the molecule is COc1ccccc1CN(C)c1cnc2[nH]ccc2c1N(C=O)C(C)C. The summed E-state index contributed by atoms with van der Waals surface area (Å²) in [6, 6.07) is 9.92. The molecule has 0 aliphatic rings. The van der Waals surface area contributed by atoms with Gasteiger partial charge in [-0.05, 0) is 26.0 Å². The number of nitrogens with zero attached hydrogens (tertiary/aromatic N) is 3. The summed E-state index contributed by atoms with van der Waals surface area (Å²) >= 11 is 0. The van der Waals surface area contributed by atoms with E-state index in [0.717, 1.165) is 40.1 Å². The molecule has 0 atom stereocenters. The number of ether oxygens (including phenoxy) is 1. The number of carbonyl (C=O) groups is 1. The molecule has 0 radical (unpaired) electrons. The van der Waals surface area contributed by atoms with Crippen LogP contribution in [0.4, 0.5) is 11.4 Å². The highest BCUT2D eigenvalue weighted by atomic mass is 16.5. The third-order valence-electron chi connectivity index (χ3n) is 4.48. The van der Waals surface area contributed by atoms with Crippen molar-refractivity contribution in [2.45, 2.75) is 26.4 Å². The van der Waals surface area contributed by atoms with E-state index in [0.29, 0.717) is 6.54 Å². The van der Waals surface area contributed by atoms with E-state index in [1.165, 1.54) is 0 Å². The molecule has 0 saturated carbocycles. The Balaban J connectivity index is 2.07. The van der Waals surface area contributed by atoms with Crippen LogP contribution in [0.25, 0.3) is 11.0 Å². The van der Waals surface area contributed by atoms with Crippen LogP contribution in [0.5, 0.6) is 5.75 Å². The normalized spacial score (nSPS) is 11.0. The highest BCUT2D eigenvalue weighted by molar-refractivity contribution is 6.02. The van der Waals surface area contributed by atoms with Gasteiger partial charge in [-0.2, -0.15) is 0 Å². The van der Waals surface area contributed by atoms with E-state index in [4.69, 9.17) is 4.74 Å². The first-order chi connectivity index (χ1) is 12.6. The number of para-hydroxylation sites is 1. The Labute approximate surface area is 153 Å². The molecule has 0 spiro atoms. The van der Waals surface area contributed by atoms with Gasteiger partial charge in [0.25, 0.3) is 0 Å². The molecule has 0 aliphatic carbocycles. The number of fused-ring (bicyclic) bond motifs is 1. The summed E-state index contributed by atoms with van der Waals surface area (Å²) < 4.78 is 5.46. The number of aromatic amines is 1. The van der Waals surface area contributed by atoms with Gasteiger partial charge in [-0.15, -0.1) is 0 Å². The number of hydrogen-bond acceptors (Lipinski definition) is 4. The summed E-state index contributed by atoms with van der Waals surface area (Å²) in [5.74, 6) is 0.840. The maximum atomic E-state index is 11.8. The fourth-order valence-corrected chi connectivity index (χ4v) is 3.14. The minimum absolute atomic E-state index is 0.0337. The Bertz CT molecular complexity index is 904. The number of nitrogens with one attached hydrogen (secondary N) is 1. The summed E-state index contributed by atoms with van der Waals surface area (Å²) in [6.45, 7) is 4.63. The first-order valence-electron chi connectivity index (χ1n) is 8.59. The average molecular weight is 352 g/mol. The molecule has 6 heteroatoms. The molecule has 1 aromatic carbocycles. The maximum Gasteiger partial charge on any atom is 0.214 e. The molecule has 26 heavy (non-hydrogen) atoms. The number of anilines is 2. The number of benzene rings is 1. The van der Waals surface area contributed by atoms with E-state index < -0.39 is 0 Å². The molecule has 6 nitrogen and oxygen atoms in total. The zero-order valence-corrected chi connectivity index (χ0v) is 15.6. The van der Waals surface area contributed by atoms with E-state index >= 15 is 0 Å². The lowest BCUT2D eigenvalue weighted by atomic mass is 10.1. The number of methoxy groups -OCH3 is 1. The fraction of sp³-hybridized carbons (Fsp3) is 0.300. The quantitative estimate of drug-likeness (QED) is 0.660. The predicted octanol–water partition coefficient (Wildman–Crippen LogP) is 3.58. The zero-order valence-electron chi connectivity index (χ0n) is 15.6. The number of rotatable bonds is 7. The van der Waals surface area contributed by atoms with Crippen molar-refractivity contribution in [3.8, 4) is 5.75 Å². The van der Waals surface area contributed by atoms with Gasteiger partial charge >= 0.3 is 0 Å². The number of amides is 1. The van der Waals surface area contributed by atoms with Crippen molar-refractivity contribution in [2.24, 2.45) is 0 Å². The van der Waals surface area contributed by atoms with Gasteiger partial charge in [0.15, 0.2) is 0 Å². The lowest BCUT2D eigenvalue weighted by Crippen LogP contribution is -2.31. The van der Waals surface area contributed by atoms with Crippen LogP contribution >= 0.6 is 0 Å². The lowest BCUT2D eigenvalue weighted by Gasteiger charge is -2.29. The zero-order chi connectivity index (χ0) is 18.7. The molecule has 136 valence electrons. The molecular formula is C20H24N4O2. The van der Waals surface area contributed by atoms with Gasteiger partial charge < -0.3 is 19.5 Å². The predicted molar refractivity (Wildman–Crippen MR) is 105 cm³/mol.